The fraction of sp³-hybridized carbons (Fsp3) is 0.397. The summed E-state index contributed by atoms with van der Waals surface area (Å²) in [7, 11) is 1.62. The molecular formula is C58H65FN8O9S. The number of pyridine rings is 1. The van der Waals surface area contributed by atoms with Gasteiger partial charge in [-0.25, -0.2) is 9.37 Å². The number of aliphatic hydroxyl groups is 1. The van der Waals surface area contributed by atoms with Gasteiger partial charge in [-0.15, -0.1) is 11.3 Å². The molecule has 4 heterocycles. The molecular weight excluding hydrogens is 1000 g/mol. The molecule has 0 radical (unpaired) electrons. The van der Waals surface area contributed by atoms with Crippen molar-refractivity contribution >= 4 is 68.8 Å². The third-order valence-electron chi connectivity index (χ3n) is 14.5. The van der Waals surface area contributed by atoms with Crippen molar-refractivity contribution in [2.24, 2.45) is 10.8 Å². The van der Waals surface area contributed by atoms with Crippen molar-refractivity contribution in [2.45, 2.75) is 103 Å². The van der Waals surface area contributed by atoms with Gasteiger partial charge < -0.3 is 50.4 Å². The fourth-order valence-corrected chi connectivity index (χ4v) is 10.7. The van der Waals surface area contributed by atoms with E-state index in [1.165, 1.54) is 29.2 Å². The Balaban J connectivity index is 0.724. The zero-order valence-electron chi connectivity index (χ0n) is 43.9. The number of anilines is 3. The molecule has 404 valence electrons. The smallest absolute Gasteiger partial charge is 0.246 e. The van der Waals surface area contributed by atoms with Crippen LogP contribution in [0.4, 0.5) is 21.5 Å². The second kappa shape index (κ2) is 23.4. The van der Waals surface area contributed by atoms with E-state index in [1.54, 1.807) is 55.0 Å². The van der Waals surface area contributed by atoms with Crippen LogP contribution < -0.4 is 35.6 Å². The highest BCUT2D eigenvalue weighted by molar-refractivity contribution is 7.13. The van der Waals surface area contributed by atoms with Gasteiger partial charge in [0.1, 0.15) is 40.6 Å². The molecule has 3 aliphatic rings. The summed E-state index contributed by atoms with van der Waals surface area (Å²) in [6.07, 6.45) is 3.81. The number of β-amino-alcohol motifs (C(OH)–C–C–N with tert-alkyl or cyclic N) is 1. The molecule has 9 rings (SSSR count). The molecule has 19 heteroatoms. The molecule has 4 aromatic carbocycles. The molecule has 17 nitrogen and oxygen atoms in total. The van der Waals surface area contributed by atoms with E-state index < -0.39 is 52.6 Å². The second-order valence-corrected chi connectivity index (χ2v) is 21.9. The molecule has 3 fully saturated rings. The van der Waals surface area contributed by atoms with Crippen molar-refractivity contribution in [3.8, 4) is 27.7 Å². The van der Waals surface area contributed by atoms with Gasteiger partial charge in [0, 0.05) is 68.6 Å². The average Bonchev–Trinajstić information content (AvgIpc) is 4.01. The summed E-state index contributed by atoms with van der Waals surface area (Å²) in [6, 6.07) is 24.0. The predicted octanol–water partition coefficient (Wildman–Crippen LogP) is 8.54. The van der Waals surface area contributed by atoms with Crippen molar-refractivity contribution < 1.29 is 47.7 Å². The van der Waals surface area contributed by atoms with Crippen LogP contribution in [0.5, 0.6) is 17.2 Å². The molecule has 0 spiro atoms. The van der Waals surface area contributed by atoms with E-state index in [0.29, 0.717) is 73.1 Å². The molecule has 0 bridgehead atoms. The van der Waals surface area contributed by atoms with E-state index >= 15 is 0 Å². The van der Waals surface area contributed by atoms with Crippen LogP contribution in [-0.4, -0.2) is 107 Å². The molecule has 77 heavy (non-hydrogen) atoms. The van der Waals surface area contributed by atoms with E-state index in [1.807, 2.05) is 69.6 Å². The minimum Gasteiger partial charge on any atom is -0.495 e. The summed E-state index contributed by atoms with van der Waals surface area (Å²) >= 11 is 1.57. The van der Waals surface area contributed by atoms with Crippen molar-refractivity contribution in [3.63, 3.8) is 0 Å². The standard InChI is InChI=1S/C58H65FN8O9S/c1-35-51(77-34-62-35)37-10-8-36(9-11-37)32-61-53(70)47-29-41(68)33-67(47)54(71)52(57(2,3)4)65-50(69)7-6-28-75-42-21-26-66(27-22-42)46-31-45-44(30-49(46)74-5)48(20-25-60-45)76-43-18-16-40(17-19-43)64-56(73)58(23-24-58)55(72)63-39-14-12-38(59)13-15-39/h8-20,25,30-31,34,41-42,47,52,68H,6-7,21-24,26-29,32-33H2,1-5H3,(H,61,70)(H,63,72)(H,64,73)(H,65,69)/t41-,47+,52-/m1/s1. The van der Waals surface area contributed by atoms with Crippen molar-refractivity contribution in [3.05, 3.63) is 120 Å². The van der Waals surface area contributed by atoms with Crippen molar-refractivity contribution in [1.29, 1.82) is 0 Å². The lowest BCUT2D eigenvalue weighted by Crippen LogP contribution is -2.57. The van der Waals surface area contributed by atoms with Gasteiger partial charge in [0.05, 0.1) is 46.6 Å². The molecule has 0 unspecified atom stereocenters. The minimum absolute atomic E-state index is 0.00643. The molecule has 2 saturated heterocycles. The lowest BCUT2D eigenvalue weighted by molar-refractivity contribution is -0.144. The Kier molecular flexibility index (Phi) is 16.5. The molecule has 1 saturated carbocycles. The maximum absolute atomic E-state index is 14.1. The van der Waals surface area contributed by atoms with Crippen LogP contribution in [-0.2, 0) is 35.3 Å². The first kappa shape index (κ1) is 54.3. The van der Waals surface area contributed by atoms with Crippen molar-refractivity contribution in [2.75, 3.05) is 48.9 Å². The van der Waals surface area contributed by atoms with E-state index in [4.69, 9.17) is 14.2 Å². The largest absolute Gasteiger partial charge is 0.495 e. The Morgan fingerprint density at radius 1 is 0.883 bits per heavy atom. The first-order chi connectivity index (χ1) is 37.0. The number of hydrogen-bond donors (Lipinski definition) is 5. The Morgan fingerprint density at radius 3 is 2.18 bits per heavy atom. The number of halogens is 1. The molecule has 2 aliphatic heterocycles. The number of aliphatic hydroxyl groups excluding tert-OH is 1. The number of piperidine rings is 1. The first-order valence-corrected chi connectivity index (χ1v) is 26.9. The summed E-state index contributed by atoms with van der Waals surface area (Å²) in [5.74, 6) is -0.597. The van der Waals surface area contributed by atoms with E-state index in [2.05, 4.69) is 36.1 Å². The van der Waals surface area contributed by atoms with Crippen LogP contribution in [0.2, 0.25) is 0 Å². The van der Waals surface area contributed by atoms with Crippen molar-refractivity contribution in [1.82, 2.24) is 25.5 Å². The fourth-order valence-electron chi connectivity index (χ4n) is 9.85. The number of amides is 5. The summed E-state index contributed by atoms with van der Waals surface area (Å²) in [6.45, 7) is 9.58. The minimum atomic E-state index is -1.19. The van der Waals surface area contributed by atoms with E-state index in [9.17, 15) is 33.5 Å². The molecule has 1 aliphatic carbocycles. The SMILES string of the molecule is COc1cc2c(Oc3ccc(NC(=O)C4(C(=O)Nc5ccc(F)cc5)CC4)cc3)ccnc2cc1N1CCC(OCCCC(=O)N[C@H](C(=O)N2C[C@H](O)C[C@H]2C(=O)NCc2ccc(-c3scnc3C)cc2)C(C)(C)C)CC1. The van der Waals surface area contributed by atoms with Crippen LogP contribution in [0.25, 0.3) is 21.3 Å². The third kappa shape index (κ3) is 12.9. The lowest BCUT2D eigenvalue weighted by Gasteiger charge is -2.35. The van der Waals surface area contributed by atoms with Gasteiger partial charge in [0.15, 0.2) is 0 Å². The lowest BCUT2D eigenvalue weighted by atomic mass is 9.85. The topological polar surface area (TPSA) is 214 Å². The highest BCUT2D eigenvalue weighted by Gasteiger charge is 2.56. The third-order valence-corrected chi connectivity index (χ3v) is 15.4. The summed E-state index contributed by atoms with van der Waals surface area (Å²) in [5, 5.41) is 22.9. The number of aryl methyl sites for hydroxylation is 1. The highest BCUT2D eigenvalue weighted by Crippen LogP contribution is 2.48. The highest BCUT2D eigenvalue weighted by atomic mass is 32.1. The number of thiazole rings is 1. The number of nitrogens with zero attached hydrogens (tertiary/aromatic N) is 4. The Hall–Kier alpha value is -7.48. The van der Waals surface area contributed by atoms with Crippen LogP contribution in [0.1, 0.15) is 77.0 Å². The maximum Gasteiger partial charge on any atom is 0.246 e. The van der Waals surface area contributed by atoms with Gasteiger partial charge in [-0.05, 0) is 122 Å². The monoisotopic (exact) mass is 1070 g/mol. The number of carbonyl (C=O) groups is 5. The van der Waals surface area contributed by atoms with Crippen LogP contribution >= 0.6 is 11.3 Å². The Labute approximate surface area is 450 Å². The summed E-state index contributed by atoms with van der Waals surface area (Å²) in [4.78, 5) is 81.1. The molecule has 5 N–H and O–H groups in total. The van der Waals surface area contributed by atoms with Gasteiger partial charge in [0.25, 0.3) is 0 Å². The van der Waals surface area contributed by atoms with E-state index in [-0.39, 0.29) is 43.8 Å². The quantitative estimate of drug-likeness (QED) is 0.0381. The van der Waals surface area contributed by atoms with Gasteiger partial charge in [-0.2, -0.15) is 0 Å². The normalized spacial score (nSPS) is 17.6. The van der Waals surface area contributed by atoms with Crippen LogP contribution in [0.15, 0.2) is 103 Å². The zero-order chi connectivity index (χ0) is 54.4. The Bertz CT molecular complexity index is 3100. The molecule has 2 aromatic heterocycles. The molecule has 6 aromatic rings. The second-order valence-electron chi connectivity index (χ2n) is 21.1. The number of nitrogens with one attached hydrogen (secondary N) is 4. The number of fused-ring (bicyclic) bond motifs is 1. The number of aromatic nitrogens is 2. The summed E-state index contributed by atoms with van der Waals surface area (Å²) < 4.78 is 31.8. The van der Waals surface area contributed by atoms with E-state index in [0.717, 1.165) is 45.6 Å². The number of hydrogen-bond acceptors (Lipinski definition) is 13. The number of benzene rings is 4. The molecule has 3 atom stereocenters. The zero-order valence-corrected chi connectivity index (χ0v) is 44.7. The van der Waals surface area contributed by atoms with Gasteiger partial charge in [-0.3, -0.25) is 29.0 Å². The van der Waals surface area contributed by atoms with Crippen LogP contribution in [0.3, 0.4) is 0 Å². The van der Waals surface area contributed by atoms with Gasteiger partial charge in [-0.1, -0.05) is 45.0 Å². The Morgan fingerprint density at radius 2 is 1.56 bits per heavy atom. The van der Waals surface area contributed by atoms with Gasteiger partial charge in [0.2, 0.25) is 29.5 Å². The first-order valence-electron chi connectivity index (χ1n) is 26.0. The number of methoxy groups -OCH3 is 1. The number of likely N-dealkylation sites (tertiary alicyclic amines) is 1. The number of rotatable bonds is 19. The average molecular weight is 1070 g/mol. The van der Waals surface area contributed by atoms with Crippen LogP contribution in [0, 0.1) is 23.6 Å². The number of ether oxygens (including phenoxy) is 3. The summed E-state index contributed by atoms with van der Waals surface area (Å²) in [5.41, 5.74) is 5.36. The molecule has 5 amide bonds. The number of carbonyl (C=O) groups excluding carboxylic acids is 5. The van der Waals surface area contributed by atoms with Gasteiger partial charge >= 0.3 is 0 Å². The maximum atomic E-state index is 14.1. The predicted molar refractivity (Wildman–Crippen MR) is 292 cm³/mol.